The van der Waals surface area contributed by atoms with E-state index in [-0.39, 0.29) is 24.0 Å². The van der Waals surface area contributed by atoms with E-state index >= 15 is 0 Å². The zero-order valence-electron chi connectivity index (χ0n) is 9.83. The quantitative estimate of drug-likeness (QED) is 0.605. The molecule has 2 rings (SSSR count). The second kappa shape index (κ2) is 6.44. The summed E-state index contributed by atoms with van der Waals surface area (Å²) in [5, 5.41) is 0. The Hall–Kier alpha value is -1.30. The van der Waals surface area contributed by atoms with Crippen LogP contribution in [0.15, 0.2) is 59.2 Å². The Morgan fingerprint density at radius 1 is 1.24 bits per heavy atom. The molecule has 1 heterocycles. The smallest absolute Gasteiger partial charge is 0.200 e. The van der Waals surface area contributed by atoms with Gasteiger partial charge in [0.15, 0.2) is 0 Å². The van der Waals surface area contributed by atoms with E-state index in [0.29, 0.717) is 0 Å². The summed E-state index contributed by atoms with van der Waals surface area (Å²) in [4.78, 5) is 6.27. The summed E-state index contributed by atoms with van der Waals surface area (Å²) in [6.07, 6.45) is 5.32. The van der Waals surface area contributed by atoms with E-state index < -0.39 is 0 Å². The van der Waals surface area contributed by atoms with Crippen LogP contribution < -0.4 is 0 Å². The normalized spacial score (nSPS) is 16.9. The molecule has 0 atom stereocenters. The van der Waals surface area contributed by atoms with Crippen molar-refractivity contribution < 1.29 is 4.74 Å². The van der Waals surface area contributed by atoms with Crippen LogP contribution in [0.2, 0.25) is 0 Å². The second-order valence-corrected chi connectivity index (χ2v) is 3.55. The van der Waals surface area contributed by atoms with Crippen LogP contribution in [-0.4, -0.2) is 18.2 Å². The molecule has 90 valence electrons. The highest BCUT2D eigenvalue weighted by Crippen LogP contribution is 2.19. The maximum Gasteiger partial charge on any atom is 0.200 e. The second-order valence-electron chi connectivity index (χ2n) is 3.55. The monoisotopic (exact) mass is 342 g/mol. The molecular formula is C13H15IN2O. The van der Waals surface area contributed by atoms with Gasteiger partial charge in [-0.3, -0.25) is 4.99 Å². The third kappa shape index (κ3) is 3.59. The van der Waals surface area contributed by atoms with Gasteiger partial charge in [0.25, 0.3) is 0 Å². The molecule has 1 aliphatic rings. The van der Waals surface area contributed by atoms with Gasteiger partial charge in [0, 0.05) is 19.3 Å². The van der Waals surface area contributed by atoms with E-state index in [4.69, 9.17) is 4.74 Å². The number of halogens is 1. The number of ether oxygens (including phenoxy) is 1. The lowest BCUT2D eigenvalue weighted by Crippen LogP contribution is -2.09. The summed E-state index contributed by atoms with van der Waals surface area (Å²) in [5.74, 6) is 0.789. The highest BCUT2D eigenvalue weighted by Gasteiger charge is 2.12. The molecule has 3 nitrogen and oxygen atoms in total. The van der Waals surface area contributed by atoms with Crippen LogP contribution in [0.25, 0.3) is 0 Å². The Morgan fingerprint density at radius 2 is 1.94 bits per heavy atom. The summed E-state index contributed by atoms with van der Waals surface area (Å²) in [6, 6.07) is 9.81. The fourth-order valence-corrected chi connectivity index (χ4v) is 1.33. The summed E-state index contributed by atoms with van der Waals surface area (Å²) < 4.78 is 5.35. The maximum atomic E-state index is 5.35. The molecule has 1 aromatic carbocycles. The lowest BCUT2D eigenvalue weighted by Gasteiger charge is -2.11. The largest absolute Gasteiger partial charge is 0.447 e. The molecule has 0 fully saturated rings. The Balaban J connectivity index is 0.00000144. The third-order valence-corrected chi connectivity index (χ3v) is 2.41. The molecule has 1 aromatic rings. The zero-order chi connectivity index (χ0) is 11.4. The van der Waals surface area contributed by atoms with Gasteiger partial charge in [-0.25, -0.2) is 0 Å². The summed E-state index contributed by atoms with van der Waals surface area (Å²) in [6.45, 7) is 2.00. The number of nitrogens with zero attached hydrogens (tertiary/aromatic N) is 2. The van der Waals surface area contributed by atoms with Gasteiger partial charge in [-0.1, -0.05) is 18.2 Å². The van der Waals surface area contributed by atoms with Gasteiger partial charge in [-0.2, -0.15) is 0 Å². The van der Waals surface area contributed by atoms with Gasteiger partial charge in [-0.15, -0.1) is 24.0 Å². The van der Waals surface area contributed by atoms with Gasteiger partial charge < -0.3 is 9.64 Å². The molecule has 0 aliphatic carbocycles. The van der Waals surface area contributed by atoms with Crippen LogP contribution in [0.4, 0.5) is 5.69 Å². The van der Waals surface area contributed by atoms with Crippen molar-refractivity contribution in [2.24, 2.45) is 4.99 Å². The lowest BCUT2D eigenvalue weighted by molar-refractivity contribution is 0.292. The summed E-state index contributed by atoms with van der Waals surface area (Å²) in [7, 11) is 1.96. The Kier molecular flexibility index (Phi) is 5.21. The van der Waals surface area contributed by atoms with Crippen LogP contribution in [0, 0.1) is 0 Å². The molecule has 0 unspecified atom stereocenters. The standard InChI is InChI=1S/C13H14N2O.HI/c1-11-10-16-13(15(11)2)8-9-14-12-6-4-3-5-7-12;/h3-10H,1-2H3;1H. The van der Waals surface area contributed by atoms with E-state index in [1.807, 2.05) is 55.3 Å². The van der Waals surface area contributed by atoms with Crippen molar-refractivity contribution in [2.75, 3.05) is 7.05 Å². The molecule has 0 aromatic heterocycles. The fraction of sp³-hybridized carbons (Fsp3) is 0.154. The van der Waals surface area contributed by atoms with Crippen molar-refractivity contribution in [3.63, 3.8) is 0 Å². The molecule has 1 aliphatic heterocycles. The lowest BCUT2D eigenvalue weighted by atomic mass is 10.3. The van der Waals surface area contributed by atoms with E-state index in [0.717, 1.165) is 17.3 Å². The predicted molar refractivity (Wildman–Crippen MR) is 80.7 cm³/mol. The Bertz CT molecular complexity index is 452. The topological polar surface area (TPSA) is 24.8 Å². The number of allylic oxidation sites excluding steroid dienone is 2. The molecular weight excluding hydrogens is 327 g/mol. The molecule has 4 heteroatoms. The van der Waals surface area contributed by atoms with Gasteiger partial charge >= 0.3 is 0 Å². The average Bonchev–Trinajstić information content (AvgIpc) is 2.62. The maximum absolute atomic E-state index is 5.35. The number of benzene rings is 1. The first-order valence-corrected chi connectivity index (χ1v) is 5.14. The first-order chi connectivity index (χ1) is 7.77. The van der Waals surface area contributed by atoms with Crippen molar-refractivity contribution in [3.8, 4) is 0 Å². The minimum Gasteiger partial charge on any atom is -0.447 e. The predicted octanol–water partition coefficient (Wildman–Crippen LogP) is 3.67. The zero-order valence-corrected chi connectivity index (χ0v) is 12.2. The summed E-state index contributed by atoms with van der Waals surface area (Å²) in [5.41, 5.74) is 2.02. The summed E-state index contributed by atoms with van der Waals surface area (Å²) >= 11 is 0. The SMILES string of the molecule is CC1=COC(=CC=Nc2ccccc2)N1C.I. The van der Waals surface area contributed by atoms with Gasteiger partial charge in [-0.05, 0) is 19.1 Å². The molecule has 0 radical (unpaired) electrons. The minimum absolute atomic E-state index is 0. The first kappa shape index (κ1) is 13.8. The molecule has 0 N–H and O–H groups in total. The Morgan fingerprint density at radius 3 is 2.53 bits per heavy atom. The van der Waals surface area contributed by atoms with Crippen LogP contribution in [0.1, 0.15) is 6.92 Å². The number of para-hydroxylation sites is 1. The van der Waals surface area contributed by atoms with E-state index in [9.17, 15) is 0 Å². The Labute approximate surface area is 119 Å². The first-order valence-electron chi connectivity index (χ1n) is 5.14. The van der Waals surface area contributed by atoms with Crippen molar-refractivity contribution >= 4 is 35.9 Å². The van der Waals surface area contributed by atoms with Crippen molar-refractivity contribution in [3.05, 3.63) is 54.3 Å². The number of rotatable bonds is 2. The van der Waals surface area contributed by atoms with Gasteiger partial charge in [0.05, 0.1) is 11.4 Å². The fourth-order valence-electron chi connectivity index (χ4n) is 1.33. The number of hydrogen-bond acceptors (Lipinski definition) is 3. The molecule has 0 bridgehead atoms. The van der Waals surface area contributed by atoms with Crippen LogP contribution in [-0.2, 0) is 4.74 Å². The minimum atomic E-state index is 0. The van der Waals surface area contributed by atoms with E-state index in [1.165, 1.54) is 0 Å². The molecule has 0 amide bonds. The van der Waals surface area contributed by atoms with Crippen molar-refractivity contribution in [1.29, 1.82) is 0 Å². The molecule has 17 heavy (non-hydrogen) atoms. The van der Waals surface area contributed by atoms with E-state index in [2.05, 4.69) is 4.99 Å². The highest BCUT2D eigenvalue weighted by molar-refractivity contribution is 14.0. The van der Waals surface area contributed by atoms with Crippen molar-refractivity contribution in [1.82, 2.24) is 4.90 Å². The van der Waals surface area contributed by atoms with Crippen molar-refractivity contribution in [2.45, 2.75) is 6.92 Å². The number of aliphatic imine (C=N–C) groups is 1. The van der Waals surface area contributed by atoms with E-state index in [1.54, 1.807) is 12.5 Å². The molecule has 0 saturated carbocycles. The van der Waals surface area contributed by atoms with Crippen LogP contribution in [0.5, 0.6) is 0 Å². The highest BCUT2D eigenvalue weighted by atomic mass is 127. The number of hydrogen-bond donors (Lipinski definition) is 0. The van der Waals surface area contributed by atoms with Gasteiger partial charge in [0.1, 0.15) is 6.26 Å². The molecule has 0 spiro atoms. The van der Waals surface area contributed by atoms with Crippen LogP contribution in [0.3, 0.4) is 0 Å². The van der Waals surface area contributed by atoms with Crippen LogP contribution >= 0.6 is 24.0 Å². The van der Waals surface area contributed by atoms with Gasteiger partial charge in [0.2, 0.25) is 5.88 Å². The molecule has 0 saturated heterocycles. The average molecular weight is 342 g/mol. The third-order valence-electron chi connectivity index (χ3n) is 2.41.